The van der Waals surface area contributed by atoms with Gasteiger partial charge in [0.15, 0.2) is 9.84 Å². The fourth-order valence-corrected chi connectivity index (χ4v) is 4.73. The first-order valence-corrected chi connectivity index (χ1v) is 9.38. The molecule has 2 aromatic carbocycles. The Kier molecular flexibility index (Phi) is 4.36. The van der Waals surface area contributed by atoms with E-state index in [1.807, 2.05) is 31.3 Å². The minimum atomic E-state index is -2.83. The van der Waals surface area contributed by atoms with Gasteiger partial charge in [-0.15, -0.1) is 0 Å². The van der Waals surface area contributed by atoms with Crippen LogP contribution in [0.3, 0.4) is 0 Å². The van der Waals surface area contributed by atoms with Gasteiger partial charge in [-0.25, -0.2) is 8.42 Å². The Morgan fingerprint density at radius 1 is 1.18 bits per heavy atom. The summed E-state index contributed by atoms with van der Waals surface area (Å²) in [5.74, 6) is 1.47. The molecule has 3 rings (SSSR count). The fraction of sp³-hybridized carbons (Fsp3) is 0.412. The third-order valence-corrected chi connectivity index (χ3v) is 6.03. The number of hydrogen-bond acceptors (Lipinski definition) is 4. The number of fused-ring (bicyclic) bond motifs is 1. The fourth-order valence-electron chi connectivity index (χ4n) is 2.93. The van der Waals surface area contributed by atoms with Crippen molar-refractivity contribution in [1.82, 2.24) is 4.90 Å². The molecular weight excluding hydrogens is 298 g/mol. The molecule has 1 atom stereocenters. The summed E-state index contributed by atoms with van der Waals surface area (Å²) >= 11 is 0. The Bertz CT molecular complexity index is 752. The molecule has 1 fully saturated rings. The molecular formula is C17H21NO3S. The Morgan fingerprint density at radius 2 is 1.95 bits per heavy atom. The first-order valence-electron chi connectivity index (χ1n) is 7.56. The summed E-state index contributed by atoms with van der Waals surface area (Å²) in [4.78, 5) is 2.09. The molecule has 4 nitrogen and oxygen atoms in total. The van der Waals surface area contributed by atoms with E-state index < -0.39 is 9.84 Å². The van der Waals surface area contributed by atoms with Gasteiger partial charge in [-0.2, -0.15) is 0 Å². The lowest BCUT2D eigenvalue weighted by molar-refractivity contribution is 0.203. The molecule has 22 heavy (non-hydrogen) atoms. The Morgan fingerprint density at radius 3 is 2.73 bits per heavy atom. The molecule has 0 radical (unpaired) electrons. The lowest BCUT2D eigenvalue weighted by Gasteiger charge is -2.23. The zero-order chi connectivity index (χ0) is 15.6. The van der Waals surface area contributed by atoms with Crippen molar-refractivity contribution in [2.45, 2.75) is 12.5 Å². The summed E-state index contributed by atoms with van der Waals surface area (Å²) in [6.45, 7) is 1.28. The van der Waals surface area contributed by atoms with E-state index in [1.165, 1.54) is 0 Å². The van der Waals surface area contributed by atoms with Crippen LogP contribution in [0.4, 0.5) is 0 Å². The summed E-state index contributed by atoms with van der Waals surface area (Å²) in [6.07, 6.45) is 0.729. The Hall–Kier alpha value is -1.59. The number of sulfone groups is 1. The third kappa shape index (κ3) is 3.42. The van der Waals surface area contributed by atoms with Crippen molar-refractivity contribution < 1.29 is 13.2 Å². The standard InChI is InChI=1S/C17H21NO3S/c1-18(15-9-12-22(19,20)13-15)10-11-21-17-8-4-6-14-5-2-3-7-16(14)17/h2-8,15H,9-13H2,1H3/t15-/m1/s1. The minimum Gasteiger partial charge on any atom is -0.492 e. The van der Waals surface area contributed by atoms with Crippen molar-refractivity contribution in [2.75, 3.05) is 31.7 Å². The number of rotatable bonds is 5. The van der Waals surface area contributed by atoms with Crippen molar-refractivity contribution >= 4 is 20.6 Å². The van der Waals surface area contributed by atoms with Gasteiger partial charge in [0.2, 0.25) is 0 Å². The van der Waals surface area contributed by atoms with E-state index in [-0.39, 0.29) is 11.8 Å². The summed E-state index contributed by atoms with van der Waals surface area (Å²) in [5, 5.41) is 2.27. The van der Waals surface area contributed by atoms with Crippen LogP contribution in [0.1, 0.15) is 6.42 Å². The molecule has 0 unspecified atom stereocenters. The van der Waals surface area contributed by atoms with Crippen LogP contribution in [0.15, 0.2) is 42.5 Å². The summed E-state index contributed by atoms with van der Waals surface area (Å²) < 4.78 is 29.0. The maximum absolute atomic E-state index is 11.5. The smallest absolute Gasteiger partial charge is 0.151 e. The SMILES string of the molecule is CN(CCOc1cccc2ccccc12)[C@@H]1CCS(=O)(=O)C1. The van der Waals surface area contributed by atoms with Crippen LogP contribution in [0.25, 0.3) is 10.8 Å². The van der Waals surface area contributed by atoms with E-state index >= 15 is 0 Å². The topological polar surface area (TPSA) is 46.6 Å². The Balaban J connectivity index is 1.58. The van der Waals surface area contributed by atoms with Gasteiger partial charge in [-0.3, -0.25) is 4.90 Å². The van der Waals surface area contributed by atoms with Gasteiger partial charge in [-0.05, 0) is 24.9 Å². The second-order valence-corrected chi connectivity index (χ2v) is 8.09. The van der Waals surface area contributed by atoms with Crippen LogP contribution in [-0.4, -0.2) is 51.1 Å². The van der Waals surface area contributed by atoms with Gasteiger partial charge in [-0.1, -0.05) is 36.4 Å². The molecule has 1 heterocycles. The van der Waals surface area contributed by atoms with Gasteiger partial charge < -0.3 is 4.74 Å². The average molecular weight is 319 g/mol. The molecule has 0 bridgehead atoms. The molecule has 1 aliphatic heterocycles. The lowest BCUT2D eigenvalue weighted by Crippen LogP contribution is -2.35. The lowest BCUT2D eigenvalue weighted by atomic mass is 10.1. The first-order chi connectivity index (χ1) is 10.6. The molecule has 0 saturated carbocycles. The number of ether oxygens (including phenoxy) is 1. The summed E-state index contributed by atoms with van der Waals surface area (Å²) in [7, 11) is -0.859. The maximum atomic E-state index is 11.5. The predicted molar refractivity (Wildman–Crippen MR) is 89.1 cm³/mol. The molecule has 1 aliphatic rings. The molecule has 118 valence electrons. The first kappa shape index (κ1) is 15.3. The monoisotopic (exact) mass is 319 g/mol. The van der Waals surface area contributed by atoms with Gasteiger partial charge in [0, 0.05) is 18.0 Å². The quantitative estimate of drug-likeness (QED) is 0.849. The number of likely N-dealkylation sites (N-methyl/N-ethyl adjacent to an activating group) is 1. The second kappa shape index (κ2) is 6.26. The number of nitrogens with zero attached hydrogens (tertiary/aromatic N) is 1. The molecule has 0 spiro atoms. The van der Waals surface area contributed by atoms with E-state index in [1.54, 1.807) is 0 Å². The van der Waals surface area contributed by atoms with Crippen LogP contribution in [0, 0.1) is 0 Å². The second-order valence-electron chi connectivity index (χ2n) is 5.86. The normalized spacial score (nSPS) is 20.5. The highest BCUT2D eigenvalue weighted by molar-refractivity contribution is 7.91. The highest BCUT2D eigenvalue weighted by atomic mass is 32.2. The average Bonchev–Trinajstić information content (AvgIpc) is 2.88. The third-order valence-electron chi connectivity index (χ3n) is 4.28. The zero-order valence-electron chi connectivity index (χ0n) is 12.7. The number of hydrogen-bond donors (Lipinski definition) is 0. The van der Waals surface area contributed by atoms with Gasteiger partial charge in [0.25, 0.3) is 0 Å². The van der Waals surface area contributed by atoms with Gasteiger partial charge in [0.1, 0.15) is 12.4 Å². The molecule has 0 N–H and O–H groups in total. The molecule has 5 heteroatoms. The van der Waals surface area contributed by atoms with Gasteiger partial charge in [0.05, 0.1) is 11.5 Å². The molecule has 1 saturated heterocycles. The van der Waals surface area contributed by atoms with Crippen LogP contribution < -0.4 is 4.74 Å². The van der Waals surface area contributed by atoms with Crippen molar-refractivity contribution in [2.24, 2.45) is 0 Å². The summed E-state index contributed by atoms with van der Waals surface area (Å²) in [5.41, 5.74) is 0. The van der Waals surface area contributed by atoms with Gasteiger partial charge >= 0.3 is 0 Å². The molecule has 0 amide bonds. The van der Waals surface area contributed by atoms with E-state index in [9.17, 15) is 8.42 Å². The highest BCUT2D eigenvalue weighted by Crippen LogP contribution is 2.25. The summed E-state index contributed by atoms with van der Waals surface area (Å²) in [6, 6.07) is 14.3. The molecule has 0 aromatic heterocycles. The van der Waals surface area contributed by atoms with E-state index in [4.69, 9.17) is 4.74 Å². The van der Waals surface area contributed by atoms with Crippen molar-refractivity contribution in [3.63, 3.8) is 0 Å². The van der Waals surface area contributed by atoms with Crippen molar-refractivity contribution in [3.05, 3.63) is 42.5 Å². The number of benzene rings is 2. The zero-order valence-corrected chi connectivity index (χ0v) is 13.6. The van der Waals surface area contributed by atoms with Crippen molar-refractivity contribution in [1.29, 1.82) is 0 Å². The predicted octanol–water partition coefficient (Wildman–Crippen LogP) is 2.34. The molecule has 2 aromatic rings. The van der Waals surface area contributed by atoms with Crippen molar-refractivity contribution in [3.8, 4) is 5.75 Å². The highest BCUT2D eigenvalue weighted by Gasteiger charge is 2.30. The van der Waals surface area contributed by atoms with Crippen LogP contribution in [0.5, 0.6) is 5.75 Å². The van der Waals surface area contributed by atoms with E-state index in [0.29, 0.717) is 12.4 Å². The largest absolute Gasteiger partial charge is 0.492 e. The van der Waals surface area contributed by atoms with Crippen LogP contribution in [-0.2, 0) is 9.84 Å². The van der Waals surface area contributed by atoms with Crippen LogP contribution >= 0.6 is 0 Å². The van der Waals surface area contributed by atoms with E-state index in [2.05, 4.69) is 23.1 Å². The minimum absolute atomic E-state index is 0.126. The maximum Gasteiger partial charge on any atom is 0.151 e. The van der Waals surface area contributed by atoms with E-state index in [0.717, 1.165) is 29.5 Å². The Labute approximate surface area is 131 Å². The van der Waals surface area contributed by atoms with Crippen LogP contribution in [0.2, 0.25) is 0 Å². The molecule has 0 aliphatic carbocycles.